The van der Waals surface area contributed by atoms with Crippen LogP contribution >= 0.6 is 23.4 Å². The Balaban J connectivity index is 1.67. The lowest BCUT2D eigenvalue weighted by Gasteiger charge is -2.13. The summed E-state index contributed by atoms with van der Waals surface area (Å²) in [7, 11) is 1.32. The highest BCUT2D eigenvalue weighted by Gasteiger charge is 2.22. The molecular weight excluding hydrogens is 456 g/mol. The third-order valence-electron chi connectivity index (χ3n) is 4.66. The summed E-state index contributed by atoms with van der Waals surface area (Å²) in [4.78, 5) is 41.7. The van der Waals surface area contributed by atoms with Gasteiger partial charge >= 0.3 is 5.69 Å². The average Bonchev–Trinajstić information content (AvgIpc) is 3.22. The molecule has 0 aliphatic rings. The number of H-pyrrole nitrogens is 1. The Hall–Kier alpha value is -3.05. The first kappa shape index (κ1) is 23.6. The molecule has 32 heavy (non-hydrogen) atoms. The van der Waals surface area contributed by atoms with Crippen molar-refractivity contribution < 1.29 is 9.53 Å². The highest BCUT2D eigenvalue weighted by Crippen LogP contribution is 2.22. The lowest BCUT2D eigenvalue weighted by atomic mass is 10.2. The van der Waals surface area contributed by atoms with E-state index in [1.165, 1.54) is 11.6 Å². The number of nitrogens with one attached hydrogen (secondary N) is 1. The van der Waals surface area contributed by atoms with Gasteiger partial charge in [0, 0.05) is 18.6 Å². The van der Waals surface area contributed by atoms with Crippen LogP contribution in [0.5, 0.6) is 5.75 Å². The molecule has 2 heterocycles. The molecule has 0 saturated carbocycles. The normalized spacial score (nSPS) is 11.0. The lowest BCUT2D eigenvalue weighted by Crippen LogP contribution is -2.42. The van der Waals surface area contributed by atoms with Crippen LogP contribution in [0.4, 0.5) is 5.82 Å². The van der Waals surface area contributed by atoms with Gasteiger partial charge in [-0.1, -0.05) is 30.3 Å². The summed E-state index contributed by atoms with van der Waals surface area (Å²) in [6.45, 7) is 4.21. The number of aromatic nitrogens is 5. The van der Waals surface area contributed by atoms with Gasteiger partial charge in [0.05, 0.1) is 5.75 Å². The maximum Gasteiger partial charge on any atom is 0.332 e. The Labute approximate surface area is 192 Å². The summed E-state index contributed by atoms with van der Waals surface area (Å²) >= 11 is 7.06. The third-order valence-corrected chi connectivity index (χ3v) is 5.93. The number of nitrogens with zero attached hydrogens (tertiary/aromatic N) is 4. The highest BCUT2D eigenvalue weighted by atomic mass is 35.5. The van der Waals surface area contributed by atoms with E-state index in [0.29, 0.717) is 34.7 Å². The minimum Gasteiger partial charge on any atom is -0.486 e. The average molecular weight is 479 g/mol. The smallest absolute Gasteiger partial charge is 0.332 e. The van der Waals surface area contributed by atoms with E-state index in [2.05, 4.69) is 15.2 Å². The molecule has 0 saturated heterocycles. The molecule has 0 aliphatic heterocycles. The summed E-state index contributed by atoms with van der Waals surface area (Å²) in [6, 6.07) is 5.32. The Morgan fingerprint density at radius 3 is 2.78 bits per heavy atom. The number of nitrogens with two attached hydrogens (primary N) is 1. The van der Waals surface area contributed by atoms with Gasteiger partial charge in [-0.05, 0) is 37.1 Å². The SMILES string of the molecule is CCCn1c(N)c(C(=O)CSc2n[nH]c(COc3ccc(Cl)c(C)c3)n2)c(=O)n(C)c1=O. The second-order valence-electron chi connectivity index (χ2n) is 7.03. The van der Waals surface area contributed by atoms with Crippen LogP contribution in [-0.2, 0) is 20.2 Å². The minimum atomic E-state index is -0.715. The zero-order valence-corrected chi connectivity index (χ0v) is 19.4. The first-order valence-electron chi connectivity index (χ1n) is 9.78. The van der Waals surface area contributed by atoms with Crippen LogP contribution < -0.4 is 21.7 Å². The van der Waals surface area contributed by atoms with Crippen LogP contribution in [0.2, 0.25) is 5.02 Å². The summed E-state index contributed by atoms with van der Waals surface area (Å²) in [5, 5.41) is 7.78. The van der Waals surface area contributed by atoms with Gasteiger partial charge in [-0.25, -0.2) is 9.78 Å². The van der Waals surface area contributed by atoms with E-state index in [1.807, 2.05) is 19.9 Å². The van der Waals surface area contributed by atoms with E-state index >= 15 is 0 Å². The molecule has 2 aromatic heterocycles. The Morgan fingerprint density at radius 2 is 2.09 bits per heavy atom. The summed E-state index contributed by atoms with van der Waals surface area (Å²) in [5.41, 5.74) is 5.41. The zero-order valence-electron chi connectivity index (χ0n) is 17.8. The number of nitrogen functional groups attached to an aromatic ring is 1. The molecule has 12 heteroatoms. The number of aromatic amines is 1. The van der Waals surface area contributed by atoms with Crippen molar-refractivity contribution in [2.24, 2.45) is 7.05 Å². The maximum atomic E-state index is 12.7. The molecule has 10 nitrogen and oxygen atoms in total. The van der Waals surface area contributed by atoms with E-state index in [0.717, 1.165) is 21.9 Å². The number of anilines is 1. The van der Waals surface area contributed by atoms with Gasteiger partial charge in [0.25, 0.3) is 5.56 Å². The number of rotatable bonds is 9. The van der Waals surface area contributed by atoms with Crippen molar-refractivity contribution >= 4 is 35.0 Å². The van der Waals surface area contributed by atoms with Crippen LogP contribution in [0.15, 0.2) is 32.9 Å². The molecule has 0 bridgehead atoms. The number of carbonyl (C=O) groups is 1. The van der Waals surface area contributed by atoms with Crippen LogP contribution in [0, 0.1) is 6.92 Å². The molecule has 0 unspecified atom stereocenters. The predicted octanol–water partition coefficient (Wildman–Crippen LogP) is 2.17. The number of halogens is 1. The molecule has 1 aromatic carbocycles. The predicted molar refractivity (Wildman–Crippen MR) is 123 cm³/mol. The Morgan fingerprint density at radius 1 is 1.34 bits per heavy atom. The number of benzene rings is 1. The summed E-state index contributed by atoms with van der Waals surface area (Å²) in [6.07, 6.45) is 0.627. The summed E-state index contributed by atoms with van der Waals surface area (Å²) < 4.78 is 7.80. The number of hydrogen-bond donors (Lipinski definition) is 2. The quantitative estimate of drug-likeness (QED) is 0.352. The Kier molecular flexibility index (Phi) is 7.41. The fourth-order valence-electron chi connectivity index (χ4n) is 2.95. The fraction of sp³-hybridized carbons (Fsp3) is 0.350. The fourth-order valence-corrected chi connectivity index (χ4v) is 3.76. The summed E-state index contributed by atoms with van der Waals surface area (Å²) in [5.74, 6) is 0.379. The van der Waals surface area contributed by atoms with Crippen LogP contribution in [0.1, 0.15) is 35.1 Å². The molecule has 0 aliphatic carbocycles. The molecule has 0 radical (unpaired) electrons. The molecule has 0 spiro atoms. The second-order valence-corrected chi connectivity index (χ2v) is 8.38. The standard InChI is InChI=1S/C20H23ClN6O4S/c1-4-7-27-17(22)16(18(29)26(3)20(27)30)14(28)10-32-19-23-15(24-25-19)9-31-12-5-6-13(21)11(2)8-12/h5-6,8H,4,7,9-10,22H2,1-3H3,(H,23,24,25). The minimum absolute atomic E-state index is 0.113. The zero-order chi connectivity index (χ0) is 23.4. The van der Waals surface area contributed by atoms with Gasteiger partial charge in [0.1, 0.15) is 23.7 Å². The molecule has 170 valence electrons. The molecule has 0 amide bonds. The first-order valence-corrected chi connectivity index (χ1v) is 11.1. The van der Waals surface area contributed by atoms with Crippen molar-refractivity contribution in [1.29, 1.82) is 0 Å². The number of thioether (sulfide) groups is 1. The number of ether oxygens (including phenoxy) is 1. The first-order chi connectivity index (χ1) is 15.2. The second kappa shape index (κ2) is 10.0. The van der Waals surface area contributed by atoms with Crippen molar-refractivity contribution in [3.05, 3.63) is 61.0 Å². The van der Waals surface area contributed by atoms with Crippen molar-refractivity contribution in [1.82, 2.24) is 24.3 Å². The molecule has 3 N–H and O–H groups in total. The van der Waals surface area contributed by atoms with Crippen molar-refractivity contribution in [2.45, 2.75) is 38.6 Å². The molecule has 3 rings (SSSR count). The van der Waals surface area contributed by atoms with Gasteiger partial charge in [0.15, 0.2) is 11.6 Å². The highest BCUT2D eigenvalue weighted by molar-refractivity contribution is 7.99. The number of ketones is 1. The van der Waals surface area contributed by atoms with Crippen molar-refractivity contribution in [3.63, 3.8) is 0 Å². The van der Waals surface area contributed by atoms with Crippen molar-refractivity contribution in [3.8, 4) is 5.75 Å². The molecule has 3 aromatic rings. The number of carbonyl (C=O) groups excluding carboxylic acids is 1. The van der Waals surface area contributed by atoms with Crippen molar-refractivity contribution in [2.75, 3.05) is 11.5 Å². The topological polar surface area (TPSA) is 138 Å². The monoisotopic (exact) mass is 478 g/mol. The Bertz CT molecular complexity index is 1270. The van der Waals surface area contributed by atoms with Gasteiger partial charge < -0.3 is 10.5 Å². The van der Waals surface area contributed by atoms with Gasteiger partial charge in [0.2, 0.25) is 5.16 Å². The number of hydrogen-bond acceptors (Lipinski definition) is 8. The van der Waals surface area contributed by atoms with E-state index in [-0.39, 0.29) is 23.7 Å². The van der Waals surface area contributed by atoms with Gasteiger partial charge in [-0.2, -0.15) is 0 Å². The van der Waals surface area contributed by atoms with E-state index in [1.54, 1.807) is 12.1 Å². The molecular formula is C20H23ClN6O4S. The van der Waals surface area contributed by atoms with E-state index < -0.39 is 17.0 Å². The number of aryl methyl sites for hydroxylation is 1. The molecule has 0 fully saturated rings. The van der Waals surface area contributed by atoms with Gasteiger partial charge in [-0.15, -0.1) is 5.10 Å². The third kappa shape index (κ3) is 5.05. The van der Waals surface area contributed by atoms with Crippen LogP contribution in [0.3, 0.4) is 0 Å². The largest absolute Gasteiger partial charge is 0.486 e. The van der Waals surface area contributed by atoms with E-state index in [4.69, 9.17) is 22.1 Å². The van der Waals surface area contributed by atoms with Crippen LogP contribution in [-0.4, -0.2) is 35.9 Å². The molecule has 0 atom stereocenters. The van der Waals surface area contributed by atoms with Crippen LogP contribution in [0.25, 0.3) is 0 Å². The van der Waals surface area contributed by atoms with Gasteiger partial charge in [-0.3, -0.25) is 23.8 Å². The number of Topliss-reactive ketones (excluding diaryl/α,β-unsaturated/α-hetero) is 1. The van der Waals surface area contributed by atoms with E-state index in [9.17, 15) is 14.4 Å². The lowest BCUT2D eigenvalue weighted by molar-refractivity contribution is 0.102. The maximum absolute atomic E-state index is 12.7.